The van der Waals surface area contributed by atoms with Gasteiger partial charge in [0.1, 0.15) is 5.75 Å². The number of carboxylic acid groups (broad SMARTS) is 1. The van der Waals surface area contributed by atoms with Crippen molar-refractivity contribution < 1.29 is 24.2 Å². The van der Waals surface area contributed by atoms with Gasteiger partial charge in [-0.2, -0.15) is 0 Å². The molecular weight excluding hydrogens is 406 g/mol. The van der Waals surface area contributed by atoms with Gasteiger partial charge in [-0.15, -0.1) is 0 Å². The molecule has 3 aromatic rings. The molecule has 0 fully saturated rings. The largest absolute Gasteiger partial charge is 0.479 e. The van der Waals surface area contributed by atoms with Gasteiger partial charge in [0.25, 0.3) is 0 Å². The van der Waals surface area contributed by atoms with Crippen molar-refractivity contribution in [2.45, 2.75) is 39.8 Å². The van der Waals surface area contributed by atoms with Crippen molar-refractivity contribution in [1.29, 1.82) is 0 Å². The molecule has 0 bridgehead atoms. The quantitative estimate of drug-likeness (QED) is 0.535. The number of ether oxygens (including phenoxy) is 2. The highest BCUT2D eigenvalue weighted by atomic mass is 35.5. The van der Waals surface area contributed by atoms with Gasteiger partial charge in [-0.3, -0.25) is 0 Å². The van der Waals surface area contributed by atoms with Gasteiger partial charge in [0.2, 0.25) is 0 Å². The summed E-state index contributed by atoms with van der Waals surface area (Å²) in [4.78, 5) is 23.2. The number of nitrogens with zero attached hydrogens (tertiary/aromatic N) is 1. The maximum Gasteiger partial charge on any atom is 0.347 e. The molecule has 1 atom stereocenters. The minimum Gasteiger partial charge on any atom is -0.479 e. The number of carboxylic acids is 1. The third-order valence-corrected chi connectivity index (χ3v) is 5.71. The third-order valence-electron chi connectivity index (χ3n) is 5.34. The summed E-state index contributed by atoms with van der Waals surface area (Å²) in [7, 11) is 1.33. The molecule has 6 nitrogen and oxygen atoms in total. The molecule has 0 radical (unpaired) electrons. The Morgan fingerprint density at radius 2 is 1.90 bits per heavy atom. The minimum absolute atomic E-state index is 0.254. The lowest BCUT2D eigenvalue weighted by molar-refractivity contribution is -0.148. The van der Waals surface area contributed by atoms with Gasteiger partial charge >= 0.3 is 11.9 Å². The van der Waals surface area contributed by atoms with Crippen molar-refractivity contribution in [1.82, 2.24) is 4.57 Å². The van der Waals surface area contributed by atoms with Crippen LogP contribution in [-0.4, -0.2) is 34.8 Å². The first-order chi connectivity index (χ1) is 14.3. The van der Waals surface area contributed by atoms with Gasteiger partial charge in [-0.05, 0) is 67.8 Å². The summed E-state index contributed by atoms with van der Waals surface area (Å²) in [6.07, 6.45) is -0.202. The zero-order valence-corrected chi connectivity index (χ0v) is 18.1. The number of esters is 1. The number of halogens is 1. The van der Waals surface area contributed by atoms with Crippen LogP contribution < -0.4 is 4.74 Å². The Hall–Kier alpha value is -2.99. The van der Waals surface area contributed by atoms with Crippen LogP contribution in [0.15, 0.2) is 36.4 Å². The maximum atomic E-state index is 11.8. The lowest BCUT2D eigenvalue weighted by Crippen LogP contribution is -2.27. The van der Waals surface area contributed by atoms with E-state index < -0.39 is 18.0 Å². The van der Waals surface area contributed by atoms with E-state index in [0.717, 1.165) is 27.7 Å². The number of carbonyl (C=O) groups is 2. The second kappa shape index (κ2) is 8.79. The van der Waals surface area contributed by atoms with E-state index in [2.05, 4.69) is 4.57 Å². The van der Waals surface area contributed by atoms with Gasteiger partial charge in [0, 0.05) is 28.2 Å². The second-order valence-corrected chi connectivity index (χ2v) is 7.53. The topological polar surface area (TPSA) is 77.8 Å². The SMILES string of the molecule is CCC(Oc1ccc(Cl)c(Cn2c(C)c(C)c3cc(C(=O)O)ccc32)c1)C(=O)OC. The van der Waals surface area contributed by atoms with Crippen LogP contribution in [0.5, 0.6) is 5.75 Å². The zero-order valence-electron chi connectivity index (χ0n) is 17.4. The van der Waals surface area contributed by atoms with Gasteiger partial charge < -0.3 is 19.1 Å². The van der Waals surface area contributed by atoms with E-state index in [4.69, 9.17) is 21.1 Å². The summed E-state index contributed by atoms with van der Waals surface area (Å²) >= 11 is 6.45. The fourth-order valence-corrected chi connectivity index (χ4v) is 3.67. The van der Waals surface area contributed by atoms with Gasteiger partial charge in [0.05, 0.1) is 12.7 Å². The number of rotatable bonds is 7. The van der Waals surface area contributed by atoms with Crippen molar-refractivity contribution in [3.8, 4) is 5.75 Å². The average Bonchev–Trinajstić information content (AvgIpc) is 2.97. The number of hydrogen-bond donors (Lipinski definition) is 1. The fourth-order valence-electron chi connectivity index (χ4n) is 3.50. The van der Waals surface area contributed by atoms with Crippen LogP contribution in [0, 0.1) is 13.8 Å². The van der Waals surface area contributed by atoms with Crippen LogP contribution in [-0.2, 0) is 16.1 Å². The van der Waals surface area contributed by atoms with Crippen LogP contribution >= 0.6 is 11.6 Å². The first-order valence-corrected chi connectivity index (χ1v) is 10.00. The van der Waals surface area contributed by atoms with Crippen molar-refractivity contribution in [2.75, 3.05) is 7.11 Å². The van der Waals surface area contributed by atoms with Crippen LogP contribution in [0.2, 0.25) is 5.02 Å². The molecule has 1 unspecified atom stereocenters. The zero-order chi connectivity index (χ0) is 22.0. The summed E-state index contributed by atoms with van der Waals surface area (Å²) in [5, 5.41) is 10.8. The predicted octanol–water partition coefficient (Wildman–Crippen LogP) is 4.99. The molecule has 158 valence electrons. The lowest BCUT2D eigenvalue weighted by Gasteiger charge is -2.17. The summed E-state index contributed by atoms with van der Waals surface area (Å²) in [5.41, 5.74) is 4.06. The molecule has 0 saturated heterocycles. The highest BCUT2D eigenvalue weighted by molar-refractivity contribution is 6.31. The summed E-state index contributed by atoms with van der Waals surface area (Å²) in [5.74, 6) is -0.845. The summed E-state index contributed by atoms with van der Waals surface area (Å²) < 4.78 is 12.7. The molecule has 7 heteroatoms. The minimum atomic E-state index is -0.953. The smallest absolute Gasteiger partial charge is 0.347 e. The highest BCUT2D eigenvalue weighted by Gasteiger charge is 2.20. The Labute approximate surface area is 180 Å². The number of methoxy groups -OCH3 is 1. The Kier molecular flexibility index (Phi) is 6.37. The van der Waals surface area contributed by atoms with Crippen LogP contribution in [0.4, 0.5) is 0 Å². The van der Waals surface area contributed by atoms with Crippen LogP contribution in [0.25, 0.3) is 10.9 Å². The molecule has 0 amide bonds. The molecule has 2 aromatic carbocycles. The number of hydrogen-bond acceptors (Lipinski definition) is 4. The third kappa shape index (κ3) is 4.14. The van der Waals surface area contributed by atoms with Gasteiger partial charge in [-0.25, -0.2) is 9.59 Å². The molecule has 3 rings (SSSR count). The van der Waals surface area contributed by atoms with E-state index in [-0.39, 0.29) is 5.56 Å². The Bertz CT molecular complexity index is 1120. The molecule has 1 aromatic heterocycles. The van der Waals surface area contributed by atoms with Crippen molar-refractivity contribution >= 4 is 34.4 Å². The van der Waals surface area contributed by atoms with Gasteiger partial charge in [-0.1, -0.05) is 18.5 Å². The molecule has 0 aliphatic heterocycles. The normalized spacial score (nSPS) is 12.0. The standard InChI is InChI=1S/C23H24ClNO5/c1-5-21(23(28)29-4)30-17-7-8-19(24)16(10-17)12-25-14(3)13(2)18-11-15(22(26)27)6-9-20(18)25/h6-11,21H,5,12H2,1-4H3,(H,26,27). The highest BCUT2D eigenvalue weighted by Crippen LogP contribution is 2.30. The van der Waals surface area contributed by atoms with Gasteiger partial charge in [0.15, 0.2) is 6.10 Å². The molecule has 0 aliphatic rings. The van der Waals surface area contributed by atoms with E-state index in [1.165, 1.54) is 7.11 Å². The maximum absolute atomic E-state index is 11.8. The summed E-state index contributed by atoms with van der Waals surface area (Å²) in [6.45, 7) is 6.30. The molecule has 1 heterocycles. The van der Waals surface area contributed by atoms with Crippen molar-refractivity contribution in [3.63, 3.8) is 0 Å². The molecule has 30 heavy (non-hydrogen) atoms. The first kappa shape index (κ1) is 21.7. The number of aromatic carboxylic acids is 1. The van der Waals surface area contributed by atoms with Crippen molar-refractivity contribution in [2.24, 2.45) is 0 Å². The number of fused-ring (bicyclic) bond motifs is 1. The number of benzene rings is 2. The van der Waals surface area contributed by atoms with E-state index in [1.807, 2.05) is 32.9 Å². The van der Waals surface area contributed by atoms with E-state index in [0.29, 0.717) is 23.7 Å². The lowest BCUT2D eigenvalue weighted by atomic mass is 10.1. The Balaban J connectivity index is 1.98. The van der Waals surface area contributed by atoms with E-state index in [1.54, 1.807) is 24.3 Å². The first-order valence-electron chi connectivity index (χ1n) is 9.62. The Morgan fingerprint density at radius 3 is 2.53 bits per heavy atom. The van der Waals surface area contributed by atoms with Crippen molar-refractivity contribution in [3.05, 3.63) is 63.8 Å². The predicted molar refractivity (Wildman–Crippen MR) is 116 cm³/mol. The van der Waals surface area contributed by atoms with E-state index in [9.17, 15) is 14.7 Å². The Morgan fingerprint density at radius 1 is 1.17 bits per heavy atom. The van der Waals surface area contributed by atoms with E-state index >= 15 is 0 Å². The summed E-state index contributed by atoms with van der Waals surface area (Å²) in [6, 6.07) is 10.4. The molecule has 0 aliphatic carbocycles. The molecule has 0 saturated carbocycles. The molecular formula is C23H24ClNO5. The fraction of sp³-hybridized carbons (Fsp3) is 0.304. The molecule has 0 spiro atoms. The number of carbonyl (C=O) groups excluding carboxylic acids is 1. The molecule has 1 N–H and O–H groups in total. The monoisotopic (exact) mass is 429 g/mol. The number of aromatic nitrogens is 1. The number of aryl methyl sites for hydroxylation is 1. The average molecular weight is 430 g/mol. The second-order valence-electron chi connectivity index (χ2n) is 7.12. The van der Waals surface area contributed by atoms with Crippen LogP contribution in [0.3, 0.4) is 0 Å². The van der Waals surface area contributed by atoms with Crippen LogP contribution in [0.1, 0.15) is 40.5 Å².